The van der Waals surface area contributed by atoms with Gasteiger partial charge in [-0.1, -0.05) is 54.6 Å². The number of anilines is 1. The van der Waals surface area contributed by atoms with Crippen LogP contribution in [0.2, 0.25) is 0 Å². The first-order chi connectivity index (χ1) is 10.3. The van der Waals surface area contributed by atoms with E-state index in [9.17, 15) is 0 Å². The Morgan fingerprint density at radius 1 is 0.952 bits per heavy atom. The molecule has 0 spiro atoms. The molecule has 1 unspecified atom stereocenters. The average molecular weight is 278 g/mol. The van der Waals surface area contributed by atoms with Crippen LogP contribution in [0.4, 0.5) is 5.82 Å². The zero-order valence-electron chi connectivity index (χ0n) is 12.0. The molecule has 106 valence electrons. The Kier molecular flexibility index (Phi) is 3.79. The normalized spacial score (nSPS) is 12.3. The van der Waals surface area contributed by atoms with Crippen LogP contribution in [0.25, 0.3) is 10.8 Å². The average Bonchev–Trinajstić information content (AvgIpc) is 2.55. The molecule has 0 fully saturated rings. The van der Waals surface area contributed by atoms with Gasteiger partial charge in [-0.2, -0.15) is 5.10 Å². The summed E-state index contributed by atoms with van der Waals surface area (Å²) in [7, 11) is 0. The predicted octanol–water partition coefficient (Wildman–Crippen LogP) is 3.05. The molecular weight excluding hydrogens is 260 g/mol. The Morgan fingerprint density at radius 3 is 2.33 bits per heavy atom. The summed E-state index contributed by atoms with van der Waals surface area (Å²) in [5.41, 5.74) is 7.99. The van der Waals surface area contributed by atoms with Gasteiger partial charge >= 0.3 is 0 Å². The third kappa shape index (κ3) is 2.71. The molecule has 3 aromatic rings. The van der Waals surface area contributed by atoms with Gasteiger partial charge in [0.2, 0.25) is 0 Å². The summed E-state index contributed by atoms with van der Waals surface area (Å²) < 4.78 is 0. The summed E-state index contributed by atoms with van der Waals surface area (Å²) in [6.07, 6.45) is 0. The number of aromatic nitrogens is 2. The maximum Gasteiger partial charge on any atom is 0.157 e. The van der Waals surface area contributed by atoms with E-state index in [1.165, 1.54) is 0 Å². The van der Waals surface area contributed by atoms with Crippen molar-refractivity contribution in [2.24, 2.45) is 5.73 Å². The van der Waals surface area contributed by atoms with E-state index in [0.717, 1.165) is 27.8 Å². The first-order valence-electron chi connectivity index (χ1n) is 7.03. The summed E-state index contributed by atoms with van der Waals surface area (Å²) in [5, 5.41) is 14.1. The highest BCUT2D eigenvalue weighted by Gasteiger charge is 2.13. The van der Waals surface area contributed by atoms with Crippen LogP contribution in [0.3, 0.4) is 0 Å². The molecule has 0 aliphatic rings. The van der Waals surface area contributed by atoms with Crippen molar-refractivity contribution in [3.05, 3.63) is 65.9 Å². The summed E-state index contributed by atoms with van der Waals surface area (Å²) in [6, 6.07) is 18.3. The fourth-order valence-corrected chi connectivity index (χ4v) is 2.47. The molecule has 21 heavy (non-hydrogen) atoms. The van der Waals surface area contributed by atoms with Gasteiger partial charge in [-0.25, -0.2) is 0 Å². The highest BCUT2D eigenvalue weighted by atomic mass is 15.2. The van der Waals surface area contributed by atoms with Gasteiger partial charge in [0.15, 0.2) is 5.82 Å². The van der Waals surface area contributed by atoms with Crippen LogP contribution in [-0.2, 0) is 0 Å². The first-order valence-corrected chi connectivity index (χ1v) is 7.03. The third-order valence-electron chi connectivity index (χ3n) is 3.62. The van der Waals surface area contributed by atoms with E-state index in [4.69, 9.17) is 5.73 Å². The molecular formula is C17H18N4. The van der Waals surface area contributed by atoms with Gasteiger partial charge in [-0.05, 0) is 12.5 Å². The second-order valence-corrected chi connectivity index (χ2v) is 5.02. The summed E-state index contributed by atoms with van der Waals surface area (Å²) in [6.45, 7) is 2.46. The number of benzene rings is 2. The number of nitrogens with one attached hydrogen (secondary N) is 1. The second kappa shape index (κ2) is 5.89. The van der Waals surface area contributed by atoms with Crippen molar-refractivity contribution < 1.29 is 0 Å². The first kappa shape index (κ1) is 13.5. The number of hydrogen-bond donors (Lipinski definition) is 2. The predicted molar refractivity (Wildman–Crippen MR) is 86.1 cm³/mol. The van der Waals surface area contributed by atoms with Crippen molar-refractivity contribution >= 4 is 16.6 Å². The minimum atomic E-state index is 0.0200. The van der Waals surface area contributed by atoms with Gasteiger partial charge in [0.25, 0.3) is 0 Å². The lowest BCUT2D eigenvalue weighted by Crippen LogP contribution is -2.21. The molecule has 4 nitrogen and oxygen atoms in total. The lowest BCUT2D eigenvalue weighted by Gasteiger charge is -2.19. The van der Waals surface area contributed by atoms with Gasteiger partial charge in [0.1, 0.15) is 0 Å². The van der Waals surface area contributed by atoms with Crippen LogP contribution in [0.1, 0.15) is 17.3 Å². The number of nitrogens with zero attached hydrogens (tertiary/aromatic N) is 2. The van der Waals surface area contributed by atoms with Crippen molar-refractivity contribution in [2.45, 2.75) is 13.0 Å². The van der Waals surface area contributed by atoms with Crippen molar-refractivity contribution in [3.8, 4) is 0 Å². The number of aryl methyl sites for hydroxylation is 1. The summed E-state index contributed by atoms with van der Waals surface area (Å²) >= 11 is 0. The zero-order valence-corrected chi connectivity index (χ0v) is 12.0. The third-order valence-corrected chi connectivity index (χ3v) is 3.62. The number of fused-ring (bicyclic) bond motifs is 1. The van der Waals surface area contributed by atoms with Crippen LogP contribution in [0.15, 0.2) is 54.6 Å². The van der Waals surface area contributed by atoms with E-state index in [-0.39, 0.29) is 6.04 Å². The quantitative estimate of drug-likeness (QED) is 0.770. The van der Waals surface area contributed by atoms with Crippen molar-refractivity contribution in [3.63, 3.8) is 0 Å². The molecule has 0 saturated carbocycles. The smallest absolute Gasteiger partial charge is 0.157 e. The SMILES string of the molecule is Cc1nnc(NC(CN)c2ccccc2)c2ccccc12. The van der Waals surface area contributed by atoms with Crippen LogP contribution in [0, 0.1) is 6.92 Å². The Bertz CT molecular complexity index is 740. The molecule has 0 aliphatic carbocycles. The number of nitrogens with two attached hydrogens (primary N) is 1. The molecule has 0 bridgehead atoms. The molecule has 2 aromatic carbocycles. The maximum absolute atomic E-state index is 5.92. The maximum atomic E-state index is 5.92. The van der Waals surface area contributed by atoms with Crippen LogP contribution in [0.5, 0.6) is 0 Å². The van der Waals surface area contributed by atoms with E-state index >= 15 is 0 Å². The number of hydrogen-bond acceptors (Lipinski definition) is 4. The molecule has 1 atom stereocenters. The lowest BCUT2D eigenvalue weighted by molar-refractivity contribution is 0.780. The fraction of sp³-hybridized carbons (Fsp3) is 0.176. The Balaban J connectivity index is 1.99. The van der Waals surface area contributed by atoms with Crippen LogP contribution in [-0.4, -0.2) is 16.7 Å². The van der Waals surface area contributed by atoms with E-state index in [1.807, 2.05) is 37.3 Å². The Labute approximate surface area is 124 Å². The van der Waals surface area contributed by atoms with Crippen molar-refractivity contribution in [1.29, 1.82) is 0 Å². The molecule has 0 radical (unpaired) electrons. The van der Waals surface area contributed by atoms with E-state index in [0.29, 0.717) is 6.54 Å². The van der Waals surface area contributed by atoms with Gasteiger partial charge < -0.3 is 11.1 Å². The summed E-state index contributed by atoms with van der Waals surface area (Å²) in [5.74, 6) is 0.774. The van der Waals surface area contributed by atoms with Crippen molar-refractivity contribution in [2.75, 3.05) is 11.9 Å². The number of rotatable bonds is 4. The van der Waals surface area contributed by atoms with Gasteiger partial charge in [-0.3, -0.25) is 0 Å². The lowest BCUT2D eigenvalue weighted by atomic mass is 10.1. The largest absolute Gasteiger partial charge is 0.360 e. The Morgan fingerprint density at radius 2 is 1.62 bits per heavy atom. The van der Waals surface area contributed by atoms with Crippen LogP contribution >= 0.6 is 0 Å². The van der Waals surface area contributed by atoms with Gasteiger partial charge in [0, 0.05) is 17.3 Å². The molecule has 3 rings (SSSR count). The topological polar surface area (TPSA) is 63.8 Å². The Hall–Kier alpha value is -2.46. The molecule has 3 N–H and O–H groups in total. The fourth-order valence-electron chi connectivity index (χ4n) is 2.47. The monoisotopic (exact) mass is 278 g/mol. The standard InChI is InChI=1S/C17H18N4/c1-12-14-9-5-6-10-15(14)17(21-20-12)19-16(11-18)13-7-3-2-4-8-13/h2-10,16H,11,18H2,1H3,(H,19,21). The molecule has 0 aliphatic heterocycles. The van der Waals surface area contributed by atoms with Gasteiger partial charge in [0.05, 0.1) is 11.7 Å². The molecule has 0 amide bonds. The highest BCUT2D eigenvalue weighted by Crippen LogP contribution is 2.25. The summed E-state index contributed by atoms with van der Waals surface area (Å²) in [4.78, 5) is 0. The molecule has 4 heteroatoms. The van der Waals surface area contributed by atoms with E-state index in [2.05, 4.69) is 39.8 Å². The van der Waals surface area contributed by atoms with Crippen LogP contribution < -0.4 is 11.1 Å². The zero-order chi connectivity index (χ0) is 14.7. The van der Waals surface area contributed by atoms with E-state index in [1.54, 1.807) is 0 Å². The van der Waals surface area contributed by atoms with Crippen molar-refractivity contribution in [1.82, 2.24) is 10.2 Å². The minimum absolute atomic E-state index is 0.0200. The highest BCUT2D eigenvalue weighted by molar-refractivity contribution is 5.92. The molecule has 1 heterocycles. The minimum Gasteiger partial charge on any atom is -0.360 e. The molecule has 0 saturated heterocycles. The van der Waals surface area contributed by atoms with E-state index < -0.39 is 0 Å². The second-order valence-electron chi connectivity index (χ2n) is 5.02. The molecule has 1 aromatic heterocycles. The van der Waals surface area contributed by atoms with Gasteiger partial charge in [-0.15, -0.1) is 5.10 Å².